The lowest BCUT2D eigenvalue weighted by Gasteiger charge is -2.11. The third-order valence-electron chi connectivity index (χ3n) is 2.92. The molecular weight excluding hydrogens is 252 g/mol. The normalized spacial score (nSPS) is 18.3. The Morgan fingerprint density at radius 2 is 2.32 bits per heavy atom. The number of anilines is 2. The number of hydrogen-bond donors (Lipinski definition) is 3. The number of nitrogens with zero attached hydrogens (tertiary/aromatic N) is 3. The van der Waals surface area contributed by atoms with E-state index in [9.17, 15) is 10.1 Å². The van der Waals surface area contributed by atoms with Gasteiger partial charge in [-0.3, -0.25) is 10.1 Å². The molecule has 1 saturated heterocycles. The largest absolute Gasteiger partial charge is 0.378 e. The smallest absolute Gasteiger partial charge is 0.354 e. The highest BCUT2D eigenvalue weighted by Crippen LogP contribution is 2.28. The van der Waals surface area contributed by atoms with E-state index < -0.39 is 4.92 Å². The molecule has 0 aromatic carbocycles. The molecule has 0 spiro atoms. The second-order valence-corrected chi connectivity index (χ2v) is 4.17. The molecule has 9 heteroatoms. The third kappa shape index (κ3) is 3.26. The molecule has 0 saturated carbocycles. The van der Waals surface area contributed by atoms with E-state index in [0.29, 0.717) is 6.54 Å². The summed E-state index contributed by atoms with van der Waals surface area (Å²) in [7, 11) is 0. The number of nitro groups is 1. The van der Waals surface area contributed by atoms with Gasteiger partial charge < -0.3 is 15.5 Å². The number of nitrogen functional groups attached to an aromatic ring is 1. The summed E-state index contributed by atoms with van der Waals surface area (Å²) in [6.45, 7) is 1.34. The molecule has 1 aromatic heterocycles. The Hall–Kier alpha value is -2.00. The predicted molar refractivity (Wildman–Crippen MR) is 68.6 cm³/mol. The fourth-order valence-corrected chi connectivity index (χ4v) is 2.01. The Balaban J connectivity index is 2.00. The summed E-state index contributed by atoms with van der Waals surface area (Å²) in [5, 5.41) is 13.9. The van der Waals surface area contributed by atoms with Gasteiger partial charge in [0, 0.05) is 13.2 Å². The molecule has 1 aliphatic heterocycles. The van der Waals surface area contributed by atoms with E-state index in [4.69, 9.17) is 10.6 Å². The first-order valence-corrected chi connectivity index (χ1v) is 6.04. The summed E-state index contributed by atoms with van der Waals surface area (Å²) in [5.74, 6) is 5.34. The van der Waals surface area contributed by atoms with Crippen LogP contribution < -0.4 is 16.6 Å². The zero-order valence-electron chi connectivity index (χ0n) is 10.3. The molecule has 9 nitrogen and oxygen atoms in total. The van der Waals surface area contributed by atoms with Crippen molar-refractivity contribution in [1.29, 1.82) is 0 Å². The molecule has 1 aromatic rings. The number of rotatable bonds is 6. The molecule has 0 amide bonds. The zero-order chi connectivity index (χ0) is 13.7. The maximum Gasteiger partial charge on any atom is 0.354 e. The quantitative estimate of drug-likeness (QED) is 0.389. The van der Waals surface area contributed by atoms with Crippen molar-refractivity contribution < 1.29 is 9.66 Å². The highest BCUT2D eigenvalue weighted by atomic mass is 16.6. The number of nitrogens with two attached hydrogens (primary N) is 1. The summed E-state index contributed by atoms with van der Waals surface area (Å²) < 4.78 is 5.47. The van der Waals surface area contributed by atoms with Gasteiger partial charge in [-0.15, -0.1) is 0 Å². The first kappa shape index (κ1) is 13.4. The molecular formula is C10H16N6O3. The first-order chi connectivity index (χ1) is 9.22. The average molecular weight is 268 g/mol. The Morgan fingerprint density at radius 3 is 2.95 bits per heavy atom. The van der Waals surface area contributed by atoms with Gasteiger partial charge in [0.25, 0.3) is 0 Å². The minimum Gasteiger partial charge on any atom is -0.378 e. The molecule has 104 valence electrons. The summed E-state index contributed by atoms with van der Waals surface area (Å²) in [6.07, 6.45) is 4.33. The lowest BCUT2D eigenvalue weighted by atomic mass is 10.2. The Bertz CT molecular complexity index is 449. The molecule has 0 radical (unpaired) electrons. The molecule has 1 fully saturated rings. The lowest BCUT2D eigenvalue weighted by molar-refractivity contribution is -0.383. The van der Waals surface area contributed by atoms with Crippen LogP contribution in [0.2, 0.25) is 0 Å². The average Bonchev–Trinajstić information content (AvgIpc) is 2.91. The molecule has 1 unspecified atom stereocenters. The van der Waals surface area contributed by atoms with Gasteiger partial charge in [-0.1, -0.05) is 0 Å². The summed E-state index contributed by atoms with van der Waals surface area (Å²) in [6, 6.07) is 0. The molecule has 0 bridgehead atoms. The van der Waals surface area contributed by atoms with Crippen molar-refractivity contribution in [2.75, 3.05) is 23.9 Å². The van der Waals surface area contributed by atoms with Gasteiger partial charge in [0.1, 0.15) is 6.33 Å². The second-order valence-electron chi connectivity index (χ2n) is 4.17. The van der Waals surface area contributed by atoms with Crippen LogP contribution in [0.3, 0.4) is 0 Å². The van der Waals surface area contributed by atoms with Crippen molar-refractivity contribution in [1.82, 2.24) is 9.97 Å². The van der Waals surface area contributed by atoms with E-state index in [1.807, 2.05) is 0 Å². The van der Waals surface area contributed by atoms with Crippen LogP contribution in [0.15, 0.2) is 6.33 Å². The van der Waals surface area contributed by atoms with Crippen LogP contribution in [0.1, 0.15) is 19.3 Å². The first-order valence-electron chi connectivity index (χ1n) is 6.04. The molecule has 2 heterocycles. The van der Waals surface area contributed by atoms with Crippen molar-refractivity contribution in [2.24, 2.45) is 5.84 Å². The number of aromatic nitrogens is 2. The van der Waals surface area contributed by atoms with E-state index in [1.165, 1.54) is 6.33 Å². The minimum absolute atomic E-state index is 0.0142. The summed E-state index contributed by atoms with van der Waals surface area (Å²) in [5.41, 5.74) is 1.94. The van der Waals surface area contributed by atoms with Crippen LogP contribution >= 0.6 is 0 Å². The van der Waals surface area contributed by atoms with Gasteiger partial charge >= 0.3 is 5.69 Å². The van der Waals surface area contributed by atoms with E-state index in [2.05, 4.69) is 20.7 Å². The molecule has 0 aliphatic carbocycles. The second kappa shape index (κ2) is 6.25. The van der Waals surface area contributed by atoms with E-state index in [1.54, 1.807) is 0 Å². The van der Waals surface area contributed by atoms with Crippen LogP contribution in [0.5, 0.6) is 0 Å². The van der Waals surface area contributed by atoms with Gasteiger partial charge in [0.05, 0.1) is 11.0 Å². The predicted octanol–water partition coefficient (Wildman–Crippen LogP) is 0.651. The van der Waals surface area contributed by atoms with Crippen molar-refractivity contribution in [3.05, 3.63) is 16.4 Å². The monoisotopic (exact) mass is 268 g/mol. The summed E-state index contributed by atoms with van der Waals surface area (Å²) >= 11 is 0. The molecule has 19 heavy (non-hydrogen) atoms. The van der Waals surface area contributed by atoms with Crippen LogP contribution in [0, 0.1) is 10.1 Å². The zero-order valence-corrected chi connectivity index (χ0v) is 10.3. The minimum atomic E-state index is -0.566. The Kier molecular flexibility index (Phi) is 4.42. The van der Waals surface area contributed by atoms with E-state index in [0.717, 1.165) is 25.9 Å². The number of hydrazine groups is 1. The number of nitrogens with one attached hydrogen (secondary N) is 2. The van der Waals surface area contributed by atoms with E-state index >= 15 is 0 Å². The van der Waals surface area contributed by atoms with Crippen LogP contribution in [0.4, 0.5) is 17.3 Å². The van der Waals surface area contributed by atoms with Gasteiger partial charge in [0.2, 0.25) is 11.6 Å². The third-order valence-corrected chi connectivity index (χ3v) is 2.92. The van der Waals surface area contributed by atoms with Crippen LogP contribution in [0.25, 0.3) is 0 Å². The molecule has 2 rings (SSSR count). The standard InChI is InChI=1S/C10H16N6O3/c11-15-10-8(16(17)18)9(13-6-14-10)12-4-3-7-2-1-5-19-7/h6-7H,1-5,11H2,(H2,12,13,14,15). The van der Waals surface area contributed by atoms with E-state index in [-0.39, 0.29) is 23.4 Å². The van der Waals surface area contributed by atoms with Gasteiger partial charge in [0.15, 0.2) is 0 Å². The fraction of sp³-hybridized carbons (Fsp3) is 0.600. The fourth-order valence-electron chi connectivity index (χ4n) is 2.01. The summed E-state index contributed by atoms with van der Waals surface area (Å²) in [4.78, 5) is 18.0. The van der Waals surface area contributed by atoms with Crippen LogP contribution in [-0.2, 0) is 4.74 Å². The number of hydrogen-bond acceptors (Lipinski definition) is 8. The Morgan fingerprint density at radius 1 is 1.53 bits per heavy atom. The highest BCUT2D eigenvalue weighted by Gasteiger charge is 2.22. The van der Waals surface area contributed by atoms with Crippen LogP contribution in [-0.4, -0.2) is 34.1 Å². The Labute approximate surface area is 109 Å². The topological polar surface area (TPSA) is 128 Å². The molecule has 4 N–H and O–H groups in total. The van der Waals surface area contributed by atoms with Crippen molar-refractivity contribution in [2.45, 2.75) is 25.4 Å². The van der Waals surface area contributed by atoms with Gasteiger partial charge in [-0.2, -0.15) is 0 Å². The maximum absolute atomic E-state index is 11.0. The molecule has 1 atom stereocenters. The number of ether oxygens (including phenoxy) is 1. The maximum atomic E-state index is 11.0. The van der Waals surface area contributed by atoms with Crippen molar-refractivity contribution >= 4 is 17.3 Å². The van der Waals surface area contributed by atoms with Crippen molar-refractivity contribution in [3.63, 3.8) is 0 Å². The SMILES string of the molecule is NNc1ncnc(NCCC2CCCO2)c1[N+](=O)[O-]. The van der Waals surface area contributed by atoms with Gasteiger partial charge in [-0.25, -0.2) is 15.8 Å². The van der Waals surface area contributed by atoms with Crippen molar-refractivity contribution in [3.8, 4) is 0 Å². The van der Waals surface area contributed by atoms with Gasteiger partial charge in [-0.05, 0) is 19.3 Å². The molecule has 1 aliphatic rings. The lowest BCUT2D eigenvalue weighted by Crippen LogP contribution is -2.16. The highest BCUT2D eigenvalue weighted by molar-refractivity contribution is 5.68.